The van der Waals surface area contributed by atoms with E-state index >= 15 is 0 Å². The van der Waals surface area contributed by atoms with Gasteiger partial charge in [0.05, 0.1) is 16.0 Å². The van der Waals surface area contributed by atoms with E-state index in [0.717, 1.165) is 32.1 Å². The van der Waals surface area contributed by atoms with Crippen LogP contribution in [-0.2, 0) is 0 Å². The van der Waals surface area contributed by atoms with E-state index in [1.54, 1.807) is 0 Å². The highest BCUT2D eigenvalue weighted by Gasteiger charge is 2.24. The molecule has 1 aliphatic rings. The van der Waals surface area contributed by atoms with Gasteiger partial charge < -0.3 is 9.55 Å². The van der Waals surface area contributed by atoms with Gasteiger partial charge in [0.2, 0.25) is 0 Å². The molecule has 2 aromatic heterocycles. The first kappa shape index (κ1) is 17.9. The van der Waals surface area contributed by atoms with Crippen molar-refractivity contribution in [2.75, 3.05) is 0 Å². The zero-order valence-electron chi connectivity index (χ0n) is 15.0. The van der Waals surface area contributed by atoms with Crippen LogP contribution in [0, 0.1) is 10.1 Å². The van der Waals surface area contributed by atoms with E-state index in [1.807, 2.05) is 0 Å². The predicted molar refractivity (Wildman–Crippen MR) is 102 cm³/mol. The molecule has 0 saturated heterocycles. The average molecular weight is 382 g/mol. The third kappa shape index (κ3) is 2.94. The van der Waals surface area contributed by atoms with E-state index < -0.39 is 16.0 Å². The summed E-state index contributed by atoms with van der Waals surface area (Å²) in [5.74, 6) is 0. The standard InChI is InChI=1S/C19H18N4O5/c24-11-12-6-7-21(10-12)16-8-14-15(9-17(16)23(27)28)22(19(26)18(25)20-14)13-4-2-1-3-5-13/h6-11,13H,1-5H2,(H,20,25). The minimum atomic E-state index is -0.751. The number of carbonyl (C=O) groups is 1. The number of aromatic nitrogens is 3. The summed E-state index contributed by atoms with van der Waals surface area (Å²) in [6, 6.07) is 4.19. The summed E-state index contributed by atoms with van der Waals surface area (Å²) in [5.41, 5.74) is -0.391. The van der Waals surface area contributed by atoms with Gasteiger partial charge in [-0.2, -0.15) is 0 Å². The summed E-state index contributed by atoms with van der Waals surface area (Å²) < 4.78 is 2.87. The van der Waals surface area contributed by atoms with Gasteiger partial charge in [0.25, 0.3) is 5.69 Å². The number of aromatic amines is 1. The summed E-state index contributed by atoms with van der Waals surface area (Å²) in [5, 5.41) is 11.7. The number of aldehydes is 1. The van der Waals surface area contributed by atoms with E-state index in [1.165, 1.54) is 39.7 Å². The molecule has 28 heavy (non-hydrogen) atoms. The fourth-order valence-corrected chi connectivity index (χ4v) is 3.95. The van der Waals surface area contributed by atoms with Gasteiger partial charge in [-0.05, 0) is 25.0 Å². The summed E-state index contributed by atoms with van der Waals surface area (Å²) >= 11 is 0. The summed E-state index contributed by atoms with van der Waals surface area (Å²) in [6.07, 6.45) is 8.13. The molecule has 1 fully saturated rings. The zero-order valence-corrected chi connectivity index (χ0v) is 15.0. The SMILES string of the molecule is O=Cc1ccn(-c2cc3[nH]c(=O)c(=O)n(C4CCCCC4)c3cc2[N+](=O)[O-])c1. The first-order valence-corrected chi connectivity index (χ1v) is 9.10. The molecule has 1 aromatic carbocycles. The number of H-pyrrole nitrogens is 1. The number of nitro groups is 1. The Morgan fingerprint density at radius 3 is 2.57 bits per heavy atom. The van der Waals surface area contributed by atoms with Crippen molar-refractivity contribution in [2.24, 2.45) is 0 Å². The lowest BCUT2D eigenvalue weighted by molar-refractivity contribution is -0.384. The number of carbonyl (C=O) groups excluding carboxylic acids is 1. The normalized spacial score (nSPS) is 15.0. The quantitative estimate of drug-likeness (QED) is 0.322. The van der Waals surface area contributed by atoms with Crippen molar-refractivity contribution in [1.82, 2.24) is 14.1 Å². The van der Waals surface area contributed by atoms with Gasteiger partial charge in [-0.15, -0.1) is 0 Å². The molecular weight excluding hydrogens is 364 g/mol. The molecule has 144 valence electrons. The lowest BCUT2D eigenvalue weighted by Gasteiger charge is -2.25. The lowest BCUT2D eigenvalue weighted by Crippen LogP contribution is -2.39. The molecule has 0 aliphatic heterocycles. The minimum absolute atomic E-state index is 0.148. The Balaban J connectivity index is 2.01. The van der Waals surface area contributed by atoms with Gasteiger partial charge in [0, 0.05) is 30.1 Å². The van der Waals surface area contributed by atoms with Crippen molar-refractivity contribution < 1.29 is 9.72 Å². The van der Waals surface area contributed by atoms with E-state index in [4.69, 9.17) is 0 Å². The van der Waals surface area contributed by atoms with Crippen LogP contribution in [0.25, 0.3) is 16.7 Å². The Hall–Kier alpha value is -3.49. The molecule has 1 N–H and O–H groups in total. The molecule has 3 aromatic rings. The molecule has 1 aliphatic carbocycles. The maximum absolute atomic E-state index is 12.6. The van der Waals surface area contributed by atoms with Crippen molar-refractivity contribution in [1.29, 1.82) is 0 Å². The number of fused-ring (bicyclic) bond motifs is 1. The van der Waals surface area contributed by atoms with Crippen LogP contribution >= 0.6 is 0 Å². The van der Waals surface area contributed by atoms with Crippen LogP contribution in [0.3, 0.4) is 0 Å². The number of hydrogen-bond donors (Lipinski definition) is 1. The van der Waals surface area contributed by atoms with Crippen LogP contribution in [-0.4, -0.2) is 25.3 Å². The van der Waals surface area contributed by atoms with Gasteiger partial charge in [0.1, 0.15) is 5.69 Å². The Labute approximate surface area is 158 Å². The highest BCUT2D eigenvalue weighted by molar-refractivity contribution is 5.83. The van der Waals surface area contributed by atoms with E-state index in [0.29, 0.717) is 22.9 Å². The van der Waals surface area contributed by atoms with Crippen molar-refractivity contribution in [3.8, 4) is 5.69 Å². The fraction of sp³-hybridized carbons (Fsp3) is 0.316. The Bertz CT molecular complexity index is 1200. The highest BCUT2D eigenvalue weighted by Crippen LogP contribution is 2.32. The monoisotopic (exact) mass is 382 g/mol. The Kier molecular flexibility index (Phi) is 4.42. The molecule has 0 spiro atoms. The van der Waals surface area contributed by atoms with Gasteiger partial charge in [-0.25, -0.2) is 0 Å². The number of rotatable bonds is 4. The smallest absolute Gasteiger partial charge is 0.316 e. The third-order valence-electron chi connectivity index (χ3n) is 5.28. The fourth-order valence-electron chi connectivity index (χ4n) is 3.95. The molecule has 0 atom stereocenters. The second-order valence-corrected chi connectivity index (χ2v) is 7.01. The zero-order chi connectivity index (χ0) is 19.8. The molecule has 9 nitrogen and oxygen atoms in total. The van der Waals surface area contributed by atoms with Crippen LogP contribution < -0.4 is 11.1 Å². The van der Waals surface area contributed by atoms with Gasteiger partial charge in [-0.3, -0.25) is 29.1 Å². The van der Waals surface area contributed by atoms with Gasteiger partial charge in [-0.1, -0.05) is 19.3 Å². The molecular formula is C19H18N4O5. The van der Waals surface area contributed by atoms with E-state index in [2.05, 4.69) is 4.98 Å². The molecule has 0 unspecified atom stereocenters. The van der Waals surface area contributed by atoms with Crippen LogP contribution in [0.5, 0.6) is 0 Å². The topological polar surface area (TPSA) is 120 Å². The predicted octanol–water partition coefficient (Wildman–Crippen LogP) is 2.71. The van der Waals surface area contributed by atoms with Crippen molar-refractivity contribution >= 4 is 23.0 Å². The molecule has 4 rings (SSSR count). The average Bonchev–Trinajstić information content (AvgIpc) is 3.18. The number of nitrogens with zero attached hydrogens (tertiary/aromatic N) is 3. The minimum Gasteiger partial charge on any atom is -0.317 e. The number of nitro benzene ring substituents is 1. The molecule has 0 radical (unpaired) electrons. The number of hydrogen-bond acceptors (Lipinski definition) is 5. The molecule has 1 saturated carbocycles. The third-order valence-corrected chi connectivity index (χ3v) is 5.28. The van der Waals surface area contributed by atoms with Crippen LogP contribution in [0.15, 0.2) is 40.2 Å². The molecule has 0 bridgehead atoms. The van der Waals surface area contributed by atoms with Crippen LogP contribution in [0.2, 0.25) is 0 Å². The summed E-state index contributed by atoms with van der Waals surface area (Å²) in [6.45, 7) is 0. The lowest BCUT2D eigenvalue weighted by atomic mass is 9.95. The van der Waals surface area contributed by atoms with Crippen molar-refractivity contribution in [3.63, 3.8) is 0 Å². The summed E-state index contributed by atoms with van der Waals surface area (Å²) in [7, 11) is 0. The molecule has 2 heterocycles. The van der Waals surface area contributed by atoms with E-state index in [9.17, 15) is 24.5 Å². The maximum Gasteiger partial charge on any atom is 0.316 e. The van der Waals surface area contributed by atoms with Crippen LogP contribution in [0.4, 0.5) is 5.69 Å². The van der Waals surface area contributed by atoms with Crippen molar-refractivity contribution in [3.05, 3.63) is 67.0 Å². The Morgan fingerprint density at radius 2 is 1.93 bits per heavy atom. The molecule has 0 amide bonds. The largest absolute Gasteiger partial charge is 0.317 e. The molecule has 9 heteroatoms. The number of benzene rings is 1. The number of nitrogens with one attached hydrogen (secondary N) is 1. The van der Waals surface area contributed by atoms with E-state index in [-0.39, 0.29) is 17.4 Å². The summed E-state index contributed by atoms with van der Waals surface area (Å²) in [4.78, 5) is 49.5. The van der Waals surface area contributed by atoms with Crippen LogP contribution in [0.1, 0.15) is 48.5 Å². The van der Waals surface area contributed by atoms with Crippen molar-refractivity contribution in [2.45, 2.75) is 38.1 Å². The first-order chi connectivity index (χ1) is 13.5. The Morgan fingerprint density at radius 1 is 1.18 bits per heavy atom. The maximum atomic E-state index is 12.6. The second kappa shape index (κ2) is 6.91. The van der Waals surface area contributed by atoms with Gasteiger partial charge >= 0.3 is 11.1 Å². The van der Waals surface area contributed by atoms with Gasteiger partial charge in [0.15, 0.2) is 6.29 Å². The first-order valence-electron chi connectivity index (χ1n) is 9.10. The second-order valence-electron chi connectivity index (χ2n) is 7.01. The highest BCUT2D eigenvalue weighted by atomic mass is 16.6.